The summed E-state index contributed by atoms with van der Waals surface area (Å²) < 4.78 is 42.4. The van der Waals surface area contributed by atoms with E-state index in [1.807, 2.05) is 6.07 Å². The molecule has 2 aromatic rings. The molecule has 1 aliphatic heterocycles. The van der Waals surface area contributed by atoms with Crippen molar-refractivity contribution in [3.63, 3.8) is 0 Å². The van der Waals surface area contributed by atoms with Crippen molar-refractivity contribution in [1.29, 1.82) is 5.26 Å². The van der Waals surface area contributed by atoms with Crippen LogP contribution in [0, 0.1) is 34.2 Å². The minimum atomic E-state index is -3.89. The number of nitriles is 1. The predicted octanol–water partition coefficient (Wildman–Crippen LogP) is 2.86. The van der Waals surface area contributed by atoms with Gasteiger partial charge >= 0.3 is 0 Å². The smallest absolute Gasteiger partial charge is 0.272 e. The Kier molecular flexibility index (Phi) is 5.81. The van der Waals surface area contributed by atoms with Gasteiger partial charge in [-0.05, 0) is 50.1 Å². The number of anilines is 1. The van der Waals surface area contributed by atoms with Crippen molar-refractivity contribution < 1.29 is 17.7 Å². The van der Waals surface area contributed by atoms with Crippen molar-refractivity contribution in [1.82, 2.24) is 4.72 Å². The number of hydrogen-bond acceptors (Lipinski definition) is 6. The molecule has 1 atom stereocenters. The van der Waals surface area contributed by atoms with Gasteiger partial charge in [0.15, 0.2) is 0 Å². The lowest BCUT2D eigenvalue weighted by Gasteiger charge is -2.34. The van der Waals surface area contributed by atoms with E-state index >= 15 is 0 Å². The number of nitrogens with zero attached hydrogens (tertiary/aromatic N) is 3. The van der Waals surface area contributed by atoms with Crippen LogP contribution in [0.4, 0.5) is 15.8 Å². The summed E-state index contributed by atoms with van der Waals surface area (Å²) in [5.74, 6) is -0.529. The molecule has 0 amide bonds. The average Bonchev–Trinajstić information content (AvgIpc) is 2.67. The summed E-state index contributed by atoms with van der Waals surface area (Å²) in [5, 5.41) is 19.8. The highest BCUT2D eigenvalue weighted by atomic mass is 32.2. The highest BCUT2D eigenvalue weighted by molar-refractivity contribution is 7.89. The van der Waals surface area contributed by atoms with Gasteiger partial charge < -0.3 is 4.90 Å². The van der Waals surface area contributed by atoms with Gasteiger partial charge in [-0.25, -0.2) is 17.5 Å². The molecule has 29 heavy (non-hydrogen) atoms. The van der Waals surface area contributed by atoms with E-state index in [-0.39, 0.29) is 28.3 Å². The van der Waals surface area contributed by atoms with E-state index in [2.05, 4.69) is 4.72 Å². The SMILES string of the molecule is Cc1cc(S(=O)(=O)NC2CCCN(c3ccc(C#N)cc3F)C2)ccc1[N+](=O)[O-]. The molecule has 1 aliphatic rings. The van der Waals surface area contributed by atoms with Gasteiger partial charge in [0.25, 0.3) is 5.69 Å². The zero-order chi connectivity index (χ0) is 21.2. The lowest BCUT2D eigenvalue weighted by Crippen LogP contribution is -2.48. The Balaban J connectivity index is 1.77. The third-order valence-electron chi connectivity index (χ3n) is 4.84. The van der Waals surface area contributed by atoms with Crippen LogP contribution in [0.5, 0.6) is 0 Å². The van der Waals surface area contributed by atoms with Crippen molar-refractivity contribution in [2.75, 3.05) is 18.0 Å². The average molecular weight is 418 g/mol. The molecular formula is C19H19FN4O4S. The third-order valence-corrected chi connectivity index (χ3v) is 6.35. The van der Waals surface area contributed by atoms with E-state index < -0.39 is 26.8 Å². The lowest BCUT2D eigenvalue weighted by atomic mass is 10.1. The number of nitro groups is 1. The van der Waals surface area contributed by atoms with Crippen LogP contribution in [0.1, 0.15) is 24.0 Å². The summed E-state index contributed by atoms with van der Waals surface area (Å²) >= 11 is 0. The van der Waals surface area contributed by atoms with Gasteiger partial charge in [-0.2, -0.15) is 5.26 Å². The molecule has 0 aliphatic carbocycles. The monoisotopic (exact) mass is 418 g/mol. The normalized spacial score (nSPS) is 17.0. The van der Waals surface area contributed by atoms with Crippen LogP contribution < -0.4 is 9.62 Å². The van der Waals surface area contributed by atoms with Gasteiger partial charge in [0, 0.05) is 30.8 Å². The maximum Gasteiger partial charge on any atom is 0.272 e. The maximum absolute atomic E-state index is 14.3. The molecule has 0 radical (unpaired) electrons. The number of rotatable bonds is 5. The first-order valence-electron chi connectivity index (χ1n) is 8.93. The highest BCUT2D eigenvalue weighted by Crippen LogP contribution is 2.26. The van der Waals surface area contributed by atoms with Crippen LogP contribution in [0.3, 0.4) is 0 Å². The Morgan fingerprint density at radius 3 is 2.69 bits per heavy atom. The molecule has 1 N–H and O–H groups in total. The Morgan fingerprint density at radius 1 is 1.31 bits per heavy atom. The number of nitro benzene ring substituents is 1. The van der Waals surface area contributed by atoms with Gasteiger partial charge in [0.05, 0.1) is 27.1 Å². The Bertz CT molecular complexity index is 1100. The van der Waals surface area contributed by atoms with Crippen LogP contribution in [-0.2, 0) is 10.0 Å². The molecule has 1 fully saturated rings. The molecule has 1 heterocycles. The summed E-state index contributed by atoms with van der Waals surface area (Å²) in [6.07, 6.45) is 1.24. The van der Waals surface area contributed by atoms with E-state index in [0.717, 1.165) is 6.07 Å². The van der Waals surface area contributed by atoms with E-state index in [4.69, 9.17) is 5.26 Å². The van der Waals surface area contributed by atoms with Crippen molar-refractivity contribution >= 4 is 21.4 Å². The number of hydrogen-bond donors (Lipinski definition) is 1. The van der Waals surface area contributed by atoms with Crippen LogP contribution in [0.15, 0.2) is 41.3 Å². The van der Waals surface area contributed by atoms with Crippen molar-refractivity contribution in [2.24, 2.45) is 0 Å². The van der Waals surface area contributed by atoms with Gasteiger partial charge in [0.2, 0.25) is 10.0 Å². The van der Waals surface area contributed by atoms with Gasteiger partial charge in [-0.3, -0.25) is 10.1 Å². The summed E-state index contributed by atoms with van der Waals surface area (Å²) in [5.41, 5.74) is 0.639. The molecule has 152 valence electrons. The van der Waals surface area contributed by atoms with E-state index in [0.29, 0.717) is 25.1 Å². The quantitative estimate of drug-likeness (QED) is 0.589. The molecular weight excluding hydrogens is 399 g/mol. The summed E-state index contributed by atoms with van der Waals surface area (Å²) in [7, 11) is -3.89. The van der Waals surface area contributed by atoms with E-state index in [1.165, 1.54) is 37.3 Å². The second-order valence-corrected chi connectivity index (χ2v) is 8.60. The molecule has 8 nitrogen and oxygen atoms in total. The molecule has 0 spiro atoms. The topological polar surface area (TPSA) is 116 Å². The molecule has 10 heteroatoms. The Hall–Kier alpha value is -3.03. The molecule has 0 bridgehead atoms. The summed E-state index contributed by atoms with van der Waals surface area (Å²) in [6, 6.07) is 9.27. The molecule has 2 aromatic carbocycles. The van der Waals surface area contributed by atoms with Crippen molar-refractivity contribution in [3.8, 4) is 6.07 Å². The Morgan fingerprint density at radius 2 is 2.07 bits per heavy atom. The number of benzene rings is 2. The van der Waals surface area contributed by atoms with Crippen LogP contribution in [0.25, 0.3) is 0 Å². The number of nitrogens with one attached hydrogen (secondary N) is 1. The number of piperidine rings is 1. The molecule has 0 aromatic heterocycles. The standard InChI is InChI=1S/C19H19FN4O4S/c1-13-9-16(5-7-18(13)24(25)26)29(27,28)22-15-3-2-8-23(12-15)19-6-4-14(11-21)10-17(19)20/h4-7,9-10,15,22H,2-3,8,12H2,1H3. The van der Waals surface area contributed by atoms with Gasteiger partial charge in [-0.1, -0.05) is 0 Å². The molecule has 0 saturated carbocycles. The van der Waals surface area contributed by atoms with Crippen LogP contribution in [0.2, 0.25) is 0 Å². The number of halogens is 1. The minimum absolute atomic E-state index is 0.0534. The molecule has 1 saturated heterocycles. The predicted molar refractivity (Wildman–Crippen MR) is 105 cm³/mol. The lowest BCUT2D eigenvalue weighted by molar-refractivity contribution is -0.385. The third kappa shape index (κ3) is 4.52. The maximum atomic E-state index is 14.3. The highest BCUT2D eigenvalue weighted by Gasteiger charge is 2.27. The first kappa shape index (κ1) is 20.7. The zero-order valence-electron chi connectivity index (χ0n) is 15.6. The first-order valence-corrected chi connectivity index (χ1v) is 10.4. The fourth-order valence-corrected chi connectivity index (χ4v) is 4.76. The van der Waals surface area contributed by atoms with Gasteiger partial charge in [0.1, 0.15) is 5.82 Å². The fraction of sp³-hybridized carbons (Fsp3) is 0.316. The largest absolute Gasteiger partial charge is 0.368 e. The molecule has 1 unspecified atom stereocenters. The fourth-order valence-electron chi connectivity index (χ4n) is 3.41. The van der Waals surface area contributed by atoms with E-state index in [9.17, 15) is 22.9 Å². The van der Waals surface area contributed by atoms with E-state index in [1.54, 1.807) is 4.90 Å². The minimum Gasteiger partial charge on any atom is -0.368 e. The van der Waals surface area contributed by atoms with Crippen LogP contribution in [-0.4, -0.2) is 32.5 Å². The second kappa shape index (κ2) is 8.14. The zero-order valence-corrected chi connectivity index (χ0v) is 16.4. The molecule has 3 rings (SSSR count). The Labute approximate surface area is 167 Å². The van der Waals surface area contributed by atoms with Crippen LogP contribution >= 0.6 is 0 Å². The summed E-state index contributed by atoms with van der Waals surface area (Å²) in [4.78, 5) is 12.1. The number of sulfonamides is 1. The van der Waals surface area contributed by atoms with Crippen molar-refractivity contribution in [3.05, 3.63) is 63.5 Å². The number of aryl methyl sites for hydroxylation is 1. The second-order valence-electron chi connectivity index (χ2n) is 6.89. The van der Waals surface area contributed by atoms with Crippen molar-refractivity contribution in [2.45, 2.75) is 30.7 Å². The summed E-state index contributed by atoms with van der Waals surface area (Å²) in [6.45, 7) is 2.32. The first-order chi connectivity index (χ1) is 13.7. The van der Waals surface area contributed by atoms with Gasteiger partial charge in [-0.15, -0.1) is 0 Å².